The lowest BCUT2D eigenvalue weighted by molar-refractivity contribution is -0.155. The van der Waals surface area contributed by atoms with Gasteiger partial charge in [-0.1, -0.05) is 32.1 Å². The number of ether oxygens (including phenoxy) is 1. The van der Waals surface area contributed by atoms with Gasteiger partial charge < -0.3 is 4.74 Å². The van der Waals surface area contributed by atoms with E-state index in [2.05, 4.69) is 0 Å². The molecule has 0 heterocycles. The monoisotopic (exact) mass is 212 g/mol. The lowest BCUT2D eigenvalue weighted by atomic mass is 9.88. The minimum atomic E-state index is -0.636. The van der Waals surface area contributed by atoms with Crippen molar-refractivity contribution in [3.63, 3.8) is 0 Å². The third kappa shape index (κ3) is 4.02. The van der Waals surface area contributed by atoms with E-state index >= 15 is 0 Å². The summed E-state index contributed by atoms with van der Waals surface area (Å²) in [4.78, 5) is 22.9. The average Bonchev–Trinajstić information content (AvgIpc) is 2.16. The predicted octanol–water partition coefficient (Wildman–Crippen LogP) is 2.48. The van der Waals surface area contributed by atoms with E-state index in [0.717, 1.165) is 25.7 Å². The number of carbonyl (C=O) groups excluding carboxylic acids is 2. The topological polar surface area (TPSA) is 43.4 Å². The highest BCUT2D eigenvalue weighted by Gasteiger charge is 2.26. The van der Waals surface area contributed by atoms with Gasteiger partial charge in [0.05, 0.1) is 6.61 Å². The quantitative estimate of drug-likeness (QED) is 0.533. The number of hydrogen-bond donors (Lipinski definition) is 0. The van der Waals surface area contributed by atoms with Crippen LogP contribution in [0.4, 0.5) is 0 Å². The zero-order valence-corrected chi connectivity index (χ0v) is 9.46. The summed E-state index contributed by atoms with van der Waals surface area (Å²) in [6.45, 7) is 2.01. The first-order valence-electron chi connectivity index (χ1n) is 5.96. The molecule has 1 saturated carbocycles. The van der Waals surface area contributed by atoms with Gasteiger partial charge in [0.15, 0.2) is 0 Å². The van der Waals surface area contributed by atoms with Gasteiger partial charge in [0, 0.05) is 5.92 Å². The van der Waals surface area contributed by atoms with Gasteiger partial charge in [-0.2, -0.15) is 0 Å². The molecule has 0 N–H and O–H groups in total. The van der Waals surface area contributed by atoms with E-state index in [1.807, 2.05) is 0 Å². The maximum absolute atomic E-state index is 11.7. The second-order valence-electron chi connectivity index (χ2n) is 4.13. The normalized spacial score (nSPS) is 19.0. The van der Waals surface area contributed by atoms with Gasteiger partial charge in [-0.15, -0.1) is 0 Å². The Kier molecular flexibility index (Phi) is 5.37. The Morgan fingerprint density at radius 1 is 1.07 bits per heavy atom. The maximum Gasteiger partial charge on any atom is 0.374 e. The highest BCUT2D eigenvalue weighted by Crippen LogP contribution is 2.23. The molecule has 0 bridgehead atoms. The summed E-state index contributed by atoms with van der Waals surface area (Å²) in [7, 11) is 0. The van der Waals surface area contributed by atoms with E-state index in [0.29, 0.717) is 0 Å². The van der Waals surface area contributed by atoms with Gasteiger partial charge in [-0.05, 0) is 19.8 Å². The van der Waals surface area contributed by atoms with Crippen molar-refractivity contribution in [2.75, 3.05) is 6.61 Å². The fourth-order valence-electron chi connectivity index (χ4n) is 2.09. The van der Waals surface area contributed by atoms with E-state index < -0.39 is 5.97 Å². The van der Waals surface area contributed by atoms with Crippen LogP contribution in [0.2, 0.25) is 0 Å². The molecule has 1 aliphatic rings. The Labute approximate surface area is 91.2 Å². The van der Waals surface area contributed by atoms with Crippen LogP contribution < -0.4 is 0 Å². The summed E-state index contributed by atoms with van der Waals surface area (Å²) in [6, 6.07) is 0. The molecule has 1 rings (SSSR count). The van der Waals surface area contributed by atoms with E-state index in [1.54, 1.807) is 6.92 Å². The van der Waals surface area contributed by atoms with E-state index in [-0.39, 0.29) is 18.3 Å². The smallest absolute Gasteiger partial charge is 0.374 e. The zero-order chi connectivity index (χ0) is 11.1. The largest absolute Gasteiger partial charge is 0.460 e. The standard InChI is InChI=1S/C12H20O3/c1-2-15-12(14)11(13)10-8-6-4-3-5-7-9-10/h10H,2-9H2,1H3. The van der Waals surface area contributed by atoms with Crippen LogP contribution in [0, 0.1) is 5.92 Å². The average molecular weight is 212 g/mol. The summed E-state index contributed by atoms with van der Waals surface area (Å²) in [5.41, 5.74) is 0. The fourth-order valence-corrected chi connectivity index (χ4v) is 2.09. The Balaban J connectivity index is 2.44. The van der Waals surface area contributed by atoms with Crippen LogP contribution in [0.25, 0.3) is 0 Å². The van der Waals surface area contributed by atoms with Crippen LogP contribution in [0.3, 0.4) is 0 Å². The summed E-state index contributed by atoms with van der Waals surface area (Å²) in [5, 5.41) is 0. The molecule has 0 atom stereocenters. The Bertz CT molecular complexity index is 215. The van der Waals surface area contributed by atoms with Crippen molar-refractivity contribution in [2.24, 2.45) is 5.92 Å². The van der Waals surface area contributed by atoms with Crippen molar-refractivity contribution in [1.82, 2.24) is 0 Å². The molecule has 15 heavy (non-hydrogen) atoms. The van der Waals surface area contributed by atoms with Crippen molar-refractivity contribution >= 4 is 11.8 Å². The van der Waals surface area contributed by atoms with E-state index in [1.165, 1.54) is 19.3 Å². The van der Waals surface area contributed by atoms with Gasteiger partial charge in [0.25, 0.3) is 0 Å². The number of hydrogen-bond acceptors (Lipinski definition) is 3. The molecule has 0 radical (unpaired) electrons. The second-order valence-corrected chi connectivity index (χ2v) is 4.13. The number of ketones is 1. The van der Waals surface area contributed by atoms with Crippen LogP contribution in [0.5, 0.6) is 0 Å². The number of Topliss-reactive ketones (excluding diaryl/α,β-unsaturated/α-hetero) is 1. The van der Waals surface area contributed by atoms with Crippen molar-refractivity contribution in [1.29, 1.82) is 0 Å². The maximum atomic E-state index is 11.7. The van der Waals surface area contributed by atoms with Gasteiger partial charge in [-0.25, -0.2) is 4.79 Å². The molecule has 0 saturated heterocycles. The first-order valence-corrected chi connectivity index (χ1v) is 5.96. The number of carbonyl (C=O) groups is 2. The highest BCUT2D eigenvalue weighted by atomic mass is 16.5. The summed E-state index contributed by atoms with van der Waals surface area (Å²) in [5.74, 6) is -1.02. The summed E-state index contributed by atoms with van der Waals surface area (Å²) >= 11 is 0. The molecule has 0 spiro atoms. The van der Waals surface area contributed by atoms with E-state index in [9.17, 15) is 9.59 Å². The molecule has 0 aromatic rings. The lowest BCUT2D eigenvalue weighted by Crippen LogP contribution is -2.26. The van der Waals surface area contributed by atoms with Crippen LogP contribution >= 0.6 is 0 Å². The molecule has 0 amide bonds. The van der Waals surface area contributed by atoms with Crippen LogP contribution in [-0.4, -0.2) is 18.4 Å². The molecule has 1 fully saturated rings. The molecule has 86 valence electrons. The molecular weight excluding hydrogens is 192 g/mol. The SMILES string of the molecule is CCOC(=O)C(=O)C1CCCCCCC1. The second kappa shape index (κ2) is 6.59. The molecule has 0 aliphatic heterocycles. The Morgan fingerprint density at radius 3 is 2.13 bits per heavy atom. The summed E-state index contributed by atoms with van der Waals surface area (Å²) < 4.78 is 4.74. The van der Waals surface area contributed by atoms with Crippen molar-refractivity contribution < 1.29 is 14.3 Å². The predicted molar refractivity (Wildman–Crippen MR) is 57.4 cm³/mol. The minimum absolute atomic E-state index is 0.0793. The molecule has 3 nitrogen and oxygen atoms in total. The molecular formula is C12H20O3. The first-order chi connectivity index (χ1) is 7.25. The van der Waals surface area contributed by atoms with Crippen LogP contribution in [0.1, 0.15) is 51.9 Å². The Morgan fingerprint density at radius 2 is 1.60 bits per heavy atom. The third-order valence-corrected chi connectivity index (χ3v) is 2.95. The van der Waals surface area contributed by atoms with Crippen molar-refractivity contribution in [3.8, 4) is 0 Å². The molecule has 0 unspecified atom stereocenters. The van der Waals surface area contributed by atoms with E-state index in [4.69, 9.17) is 4.74 Å². The highest BCUT2D eigenvalue weighted by molar-refractivity contribution is 6.34. The Hall–Kier alpha value is -0.860. The fraction of sp³-hybridized carbons (Fsp3) is 0.833. The van der Waals surface area contributed by atoms with Crippen molar-refractivity contribution in [2.45, 2.75) is 51.9 Å². The number of esters is 1. The van der Waals surface area contributed by atoms with Crippen molar-refractivity contribution in [3.05, 3.63) is 0 Å². The van der Waals surface area contributed by atoms with Gasteiger partial charge in [0.1, 0.15) is 0 Å². The molecule has 0 aromatic carbocycles. The minimum Gasteiger partial charge on any atom is -0.460 e. The molecule has 1 aliphatic carbocycles. The third-order valence-electron chi connectivity index (χ3n) is 2.95. The molecule has 3 heteroatoms. The van der Waals surface area contributed by atoms with Crippen LogP contribution in [-0.2, 0) is 14.3 Å². The van der Waals surface area contributed by atoms with Crippen LogP contribution in [0.15, 0.2) is 0 Å². The van der Waals surface area contributed by atoms with Gasteiger partial charge >= 0.3 is 5.97 Å². The lowest BCUT2D eigenvalue weighted by Gasteiger charge is -2.17. The summed E-state index contributed by atoms with van der Waals surface area (Å²) in [6.07, 6.45) is 7.49. The number of rotatable bonds is 3. The first kappa shape index (κ1) is 12.2. The zero-order valence-electron chi connectivity index (χ0n) is 9.46. The molecule has 0 aromatic heterocycles. The van der Waals surface area contributed by atoms with Gasteiger partial charge in [-0.3, -0.25) is 4.79 Å². The van der Waals surface area contributed by atoms with Gasteiger partial charge in [0.2, 0.25) is 5.78 Å².